The summed E-state index contributed by atoms with van der Waals surface area (Å²) in [5.74, 6) is -1.06. The maximum Gasteiger partial charge on any atom is 0.338 e. The molecule has 2 heterocycles. The summed E-state index contributed by atoms with van der Waals surface area (Å²) in [4.78, 5) is 38.7. The molecule has 2 aromatic carbocycles. The summed E-state index contributed by atoms with van der Waals surface area (Å²) in [7, 11) is 0. The fourth-order valence-electron chi connectivity index (χ4n) is 3.79. The lowest BCUT2D eigenvalue weighted by atomic mass is 10.1. The molecule has 0 radical (unpaired) electrons. The number of fused-ring (bicyclic) bond motifs is 3. The second-order valence-electron chi connectivity index (χ2n) is 7.25. The first kappa shape index (κ1) is 19.0. The highest BCUT2D eigenvalue weighted by Gasteiger charge is 2.36. The van der Waals surface area contributed by atoms with Gasteiger partial charge in [-0.25, -0.2) is 4.79 Å². The Hall–Kier alpha value is -3.35. The van der Waals surface area contributed by atoms with E-state index in [-0.39, 0.29) is 18.6 Å². The number of aryl methyl sites for hydroxylation is 1. The van der Waals surface area contributed by atoms with Crippen molar-refractivity contribution < 1.29 is 19.1 Å². The van der Waals surface area contributed by atoms with Crippen LogP contribution in [0, 0.1) is 0 Å². The number of hydrogen-bond donors (Lipinski definition) is 2. The van der Waals surface area contributed by atoms with E-state index >= 15 is 0 Å². The third-order valence-electron chi connectivity index (χ3n) is 5.34. The average molecular weight is 393 g/mol. The standard InChI is InChI=1S/C22H23N3O4/c1-2-14-5-8-16(9-6-14)23-20(26)13-29-22(28)15-7-10-18-17(12-15)24-21(27)19-4-3-11-25(18)19/h5-10,12,19H,2-4,11,13H2,1H3,(H,23,26)(H,24,27)/t19-/m0/s1. The number of carbonyl (C=O) groups is 3. The van der Waals surface area contributed by atoms with E-state index < -0.39 is 11.9 Å². The van der Waals surface area contributed by atoms with E-state index in [0.717, 1.165) is 31.5 Å². The Labute approximate surface area is 169 Å². The van der Waals surface area contributed by atoms with Gasteiger partial charge >= 0.3 is 5.97 Å². The number of rotatable bonds is 5. The number of ether oxygens (including phenoxy) is 1. The number of amides is 2. The van der Waals surface area contributed by atoms with Crippen molar-refractivity contribution in [1.82, 2.24) is 0 Å². The lowest BCUT2D eigenvalue weighted by Gasteiger charge is -2.33. The van der Waals surface area contributed by atoms with Gasteiger partial charge in [-0.1, -0.05) is 19.1 Å². The van der Waals surface area contributed by atoms with E-state index in [0.29, 0.717) is 16.9 Å². The van der Waals surface area contributed by atoms with Gasteiger partial charge in [0, 0.05) is 12.2 Å². The van der Waals surface area contributed by atoms with Gasteiger partial charge < -0.3 is 20.3 Å². The first-order chi connectivity index (χ1) is 14.0. The zero-order valence-electron chi connectivity index (χ0n) is 16.2. The molecule has 2 aromatic rings. The zero-order chi connectivity index (χ0) is 20.4. The molecule has 150 valence electrons. The van der Waals surface area contributed by atoms with Crippen molar-refractivity contribution in [1.29, 1.82) is 0 Å². The highest BCUT2D eigenvalue weighted by atomic mass is 16.5. The predicted molar refractivity (Wildman–Crippen MR) is 110 cm³/mol. The quantitative estimate of drug-likeness (QED) is 0.763. The van der Waals surface area contributed by atoms with Gasteiger partial charge in [0.2, 0.25) is 5.91 Å². The fraction of sp³-hybridized carbons (Fsp3) is 0.318. The summed E-state index contributed by atoms with van der Waals surface area (Å²) in [6.07, 6.45) is 2.73. The lowest BCUT2D eigenvalue weighted by molar-refractivity contribution is -0.119. The number of hydrogen-bond acceptors (Lipinski definition) is 5. The number of carbonyl (C=O) groups excluding carboxylic acids is 3. The molecule has 1 atom stereocenters. The maximum atomic E-state index is 12.4. The van der Waals surface area contributed by atoms with Crippen LogP contribution in [0.4, 0.5) is 17.1 Å². The predicted octanol–water partition coefficient (Wildman–Crippen LogP) is 2.97. The van der Waals surface area contributed by atoms with Gasteiger partial charge in [-0.05, 0) is 55.2 Å². The molecule has 0 bridgehead atoms. The molecule has 29 heavy (non-hydrogen) atoms. The Morgan fingerprint density at radius 3 is 2.76 bits per heavy atom. The molecule has 1 saturated heterocycles. The molecule has 4 rings (SSSR count). The monoisotopic (exact) mass is 393 g/mol. The summed E-state index contributed by atoms with van der Waals surface area (Å²) in [5, 5.41) is 5.57. The molecule has 7 heteroatoms. The lowest BCUT2D eigenvalue weighted by Crippen LogP contribution is -2.43. The fourth-order valence-corrected chi connectivity index (χ4v) is 3.79. The third kappa shape index (κ3) is 3.94. The number of benzene rings is 2. The molecule has 0 spiro atoms. The van der Waals surface area contributed by atoms with Crippen LogP contribution in [0.15, 0.2) is 42.5 Å². The average Bonchev–Trinajstić information content (AvgIpc) is 3.23. The number of nitrogens with one attached hydrogen (secondary N) is 2. The number of anilines is 3. The Morgan fingerprint density at radius 1 is 1.21 bits per heavy atom. The molecule has 0 aromatic heterocycles. The van der Waals surface area contributed by atoms with E-state index in [9.17, 15) is 14.4 Å². The van der Waals surface area contributed by atoms with Crippen LogP contribution in [0.2, 0.25) is 0 Å². The van der Waals surface area contributed by atoms with Crippen LogP contribution in [0.3, 0.4) is 0 Å². The molecule has 0 saturated carbocycles. The molecule has 1 fully saturated rings. The van der Waals surface area contributed by atoms with Crippen molar-refractivity contribution >= 4 is 34.8 Å². The van der Waals surface area contributed by atoms with Crippen molar-refractivity contribution in [3.8, 4) is 0 Å². The van der Waals surface area contributed by atoms with Gasteiger partial charge in [-0.3, -0.25) is 9.59 Å². The topological polar surface area (TPSA) is 87.7 Å². The number of esters is 1. The van der Waals surface area contributed by atoms with Crippen molar-refractivity contribution in [3.05, 3.63) is 53.6 Å². The second kappa shape index (κ2) is 7.95. The summed E-state index contributed by atoms with van der Waals surface area (Å²) < 4.78 is 5.13. The SMILES string of the molecule is CCc1ccc(NC(=O)COC(=O)c2ccc3c(c2)NC(=O)[C@@H]2CCCN32)cc1. The summed E-state index contributed by atoms with van der Waals surface area (Å²) in [6.45, 7) is 2.50. The zero-order valence-corrected chi connectivity index (χ0v) is 16.2. The van der Waals surface area contributed by atoms with Gasteiger partial charge in [0.1, 0.15) is 6.04 Å². The van der Waals surface area contributed by atoms with Crippen molar-refractivity contribution in [2.45, 2.75) is 32.2 Å². The first-order valence-electron chi connectivity index (χ1n) is 9.82. The van der Waals surface area contributed by atoms with Crippen molar-refractivity contribution in [2.24, 2.45) is 0 Å². The van der Waals surface area contributed by atoms with E-state index in [1.165, 1.54) is 5.56 Å². The normalized spacial score (nSPS) is 17.2. The molecule has 2 aliphatic heterocycles. The van der Waals surface area contributed by atoms with Crippen molar-refractivity contribution in [2.75, 3.05) is 28.7 Å². The molecule has 2 N–H and O–H groups in total. The summed E-state index contributed by atoms with van der Waals surface area (Å²) in [6, 6.07) is 12.5. The van der Waals surface area contributed by atoms with Gasteiger partial charge in [-0.15, -0.1) is 0 Å². The van der Waals surface area contributed by atoms with Crippen molar-refractivity contribution in [3.63, 3.8) is 0 Å². The second-order valence-corrected chi connectivity index (χ2v) is 7.25. The van der Waals surface area contributed by atoms with Crippen LogP contribution >= 0.6 is 0 Å². The molecule has 2 aliphatic rings. The minimum Gasteiger partial charge on any atom is -0.452 e. The highest BCUT2D eigenvalue weighted by molar-refractivity contribution is 6.05. The maximum absolute atomic E-state index is 12.4. The minimum absolute atomic E-state index is 0.0472. The number of nitrogens with zero attached hydrogens (tertiary/aromatic N) is 1. The third-order valence-corrected chi connectivity index (χ3v) is 5.34. The molecular weight excluding hydrogens is 370 g/mol. The van der Waals surface area contributed by atoms with Gasteiger partial charge in [0.25, 0.3) is 5.91 Å². The summed E-state index contributed by atoms with van der Waals surface area (Å²) in [5.41, 5.74) is 3.64. The first-order valence-corrected chi connectivity index (χ1v) is 9.82. The Kier molecular flexibility index (Phi) is 5.20. The molecular formula is C22H23N3O4. The van der Waals surface area contributed by atoms with Crippen LogP contribution in [0.1, 0.15) is 35.7 Å². The summed E-state index contributed by atoms with van der Waals surface area (Å²) >= 11 is 0. The Balaban J connectivity index is 1.37. The van der Waals surface area contributed by atoms with Crippen LogP contribution in [-0.4, -0.2) is 37.0 Å². The highest BCUT2D eigenvalue weighted by Crippen LogP contribution is 2.37. The molecule has 0 aliphatic carbocycles. The van der Waals surface area contributed by atoms with Crippen LogP contribution in [0.5, 0.6) is 0 Å². The van der Waals surface area contributed by atoms with E-state index in [2.05, 4.69) is 22.5 Å². The molecule has 7 nitrogen and oxygen atoms in total. The van der Waals surface area contributed by atoms with E-state index in [1.54, 1.807) is 12.1 Å². The van der Waals surface area contributed by atoms with E-state index in [4.69, 9.17) is 4.74 Å². The molecule has 2 amide bonds. The largest absolute Gasteiger partial charge is 0.452 e. The smallest absolute Gasteiger partial charge is 0.338 e. The minimum atomic E-state index is -0.609. The van der Waals surface area contributed by atoms with Crippen LogP contribution in [0.25, 0.3) is 0 Å². The van der Waals surface area contributed by atoms with E-state index in [1.807, 2.05) is 30.3 Å². The van der Waals surface area contributed by atoms with Crippen LogP contribution < -0.4 is 15.5 Å². The van der Waals surface area contributed by atoms with Gasteiger partial charge in [0.05, 0.1) is 16.9 Å². The van der Waals surface area contributed by atoms with Crippen LogP contribution in [-0.2, 0) is 20.7 Å². The Bertz CT molecular complexity index is 955. The van der Waals surface area contributed by atoms with Gasteiger partial charge in [-0.2, -0.15) is 0 Å². The molecule has 0 unspecified atom stereocenters. The Morgan fingerprint density at radius 2 is 2.00 bits per heavy atom. The van der Waals surface area contributed by atoms with Gasteiger partial charge in [0.15, 0.2) is 6.61 Å².